The molecule has 7 nitrogen and oxygen atoms in total. The van der Waals surface area contributed by atoms with Crippen molar-refractivity contribution in [1.29, 1.82) is 0 Å². The Morgan fingerprint density at radius 3 is 3.09 bits per heavy atom. The molecule has 0 saturated carbocycles. The number of ether oxygens (including phenoxy) is 1. The number of nitrogens with one attached hydrogen (secondary N) is 1. The Hall–Kier alpha value is -2.83. The van der Waals surface area contributed by atoms with Gasteiger partial charge in [0.2, 0.25) is 0 Å². The van der Waals surface area contributed by atoms with E-state index >= 15 is 0 Å². The molecule has 1 amide bonds. The number of hydrogen-bond donors (Lipinski definition) is 1. The van der Waals surface area contributed by atoms with Gasteiger partial charge >= 0.3 is 0 Å². The highest BCUT2D eigenvalue weighted by molar-refractivity contribution is 5.98. The number of aromatic nitrogens is 4. The zero-order valence-corrected chi connectivity index (χ0v) is 12.8. The summed E-state index contributed by atoms with van der Waals surface area (Å²) in [6.45, 7) is 1.38. The summed E-state index contributed by atoms with van der Waals surface area (Å²) in [7, 11) is 1.63. The fraction of sp³-hybridized carbons (Fsp3) is 0.312. The zero-order chi connectivity index (χ0) is 15.8. The second kappa shape index (κ2) is 5.42. The molecule has 1 fully saturated rings. The predicted octanol–water partition coefficient (Wildman–Crippen LogP) is 1.86. The lowest BCUT2D eigenvalue weighted by atomic mass is 10.2. The Morgan fingerprint density at radius 2 is 2.30 bits per heavy atom. The lowest BCUT2D eigenvalue weighted by molar-refractivity contribution is 0.0782. The van der Waals surface area contributed by atoms with Crippen LogP contribution in [0, 0.1) is 0 Å². The van der Waals surface area contributed by atoms with Crippen LogP contribution in [0.25, 0.3) is 10.9 Å². The van der Waals surface area contributed by atoms with Gasteiger partial charge in [-0.1, -0.05) is 5.21 Å². The second-order valence-corrected chi connectivity index (χ2v) is 5.71. The van der Waals surface area contributed by atoms with Gasteiger partial charge < -0.3 is 14.6 Å². The molecule has 1 unspecified atom stereocenters. The number of amides is 1. The van der Waals surface area contributed by atoms with Gasteiger partial charge in [-0.3, -0.25) is 4.79 Å². The summed E-state index contributed by atoms with van der Waals surface area (Å²) in [6.07, 6.45) is 4.40. The van der Waals surface area contributed by atoms with Crippen LogP contribution >= 0.6 is 0 Å². The molecule has 0 bridgehead atoms. The third-order valence-corrected chi connectivity index (χ3v) is 4.33. The molecule has 1 N–H and O–H groups in total. The van der Waals surface area contributed by atoms with E-state index in [0.717, 1.165) is 29.6 Å². The molecule has 1 saturated heterocycles. The maximum atomic E-state index is 12.7. The van der Waals surface area contributed by atoms with Crippen molar-refractivity contribution in [3.63, 3.8) is 0 Å². The molecule has 1 aliphatic heterocycles. The van der Waals surface area contributed by atoms with Gasteiger partial charge in [-0.05, 0) is 24.6 Å². The Labute approximate surface area is 132 Å². The van der Waals surface area contributed by atoms with Gasteiger partial charge in [-0.25, -0.2) is 4.68 Å². The van der Waals surface area contributed by atoms with E-state index in [1.807, 2.05) is 40.0 Å². The number of hydrogen-bond acceptors (Lipinski definition) is 4. The largest absolute Gasteiger partial charge is 0.497 e. The van der Waals surface area contributed by atoms with Crippen LogP contribution < -0.4 is 4.74 Å². The van der Waals surface area contributed by atoms with Gasteiger partial charge in [0.1, 0.15) is 11.4 Å². The molecular formula is C16H17N5O2. The molecule has 1 aliphatic rings. The minimum absolute atomic E-state index is 0.0165. The van der Waals surface area contributed by atoms with Gasteiger partial charge in [-0.2, -0.15) is 0 Å². The van der Waals surface area contributed by atoms with Gasteiger partial charge in [0.15, 0.2) is 0 Å². The van der Waals surface area contributed by atoms with E-state index in [1.54, 1.807) is 13.3 Å². The number of carbonyl (C=O) groups is 1. The summed E-state index contributed by atoms with van der Waals surface area (Å²) < 4.78 is 7.04. The van der Waals surface area contributed by atoms with Gasteiger partial charge in [0.25, 0.3) is 5.91 Å². The molecule has 1 aromatic carbocycles. The maximum Gasteiger partial charge on any atom is 0.270 e. The molecule has 118 valence electrons. The van der Waals surface area contributed by atoms with E-state index in [2.05, 4.69) is 15.3 Å². The van der Waals surface area contributed by atoms with Crippen LogP contribution in [0.3, 0.4) is 0 Å². The summed E-state index contributed by atoms with van der Waals surface area (Å²) in [5, 5.41) is 8.86. The molecule has 4 rings (SSSR count). The number of aromatic amines is 1. The zero-order valence-electron chi connectivity index (χ0n) is 12.8. The minimum Gasteiger partial charge on any atom is -0.497 e. The van der Waals surface area contributed by atoms with Crippen LogP contribution in [0.15, 0.2) is 36.7 Å². The predicted molar refractivity (Wildman–Crippen MR) is 84.4 cm³/mol. The average molecular weight is 311 g/mol. The van der Waals surface area contributed by atoms with Gasteiger partial charge in [0, 0.05) is 36.3 Å². The summed E-state index contributed by atoms with van der Waals surface area (Å²) in [4.78, 5) is 17.8. The SMILES string of the molecule is COc1ccc2cc(C(=O)N3CCC(n4ccnn4)C3)[nH]c2c1. The molecule has 0 aliphatic carbocycles. The highest BCUT2D eigenvalue weighted by Crippen LogP contribution is 2.25. The van der Waals surface area contributed by atoms with Crippen molar-refractivity contribution in [2.75, 3.05) is 20.2 Å². The number of benzene rings is 1. The third-order valence-electron chi connectivity index (χ3n) is 4.33. The first kappa shape index (κ1) is 13.8. The first-order chi connectivity index (χ1) is 11.2. The Bertz CT molecular complexity index is 839. The first-order valence-corrected chi connectivity index (χ1v) is 7.56. The van der Waals surface area contributed by atoms with Crippen molar-refractivity contribution in [1.82, 2.24) is 24.9 Å². The van der Waals surface area contributed by atoms with Gasteiger partial charge in [0.05, 0.1) is 19.3 Å². The van der Waals surface area contributed by atoms with E-state index in [0.29, 0.717) is 12.2 Å². The number of H-pyrrole nitrogens is 1. The van der Waals surface area contributed by atoms with Crippen LogP contribution in [0.5, 0.6) is 5.75 Å². The fourth-order valence-electron chi connectivity index (χ4n) is 3.07. The quantitative estimate of drug-likeness (QED) is 0.801. The molecule has 0 radical (unpaired) electrons. The van der Waals surface area contributed by atoms with E-state index in [-0.39, 0.29) is 11.9 Å². The molecule has 7 heteroatoms. The summed E-state index contributed by atoms with van der Waals surface area (Å²) >= 11 is 0. The Morgan fingerprint density at radius 1 is 1.39 bits per heavy atom. The molecule has 1 atom stereocenters. The summed E-state index contributed by atoms with van der Waals surface area (Å²) in [5.74, 6) is 0.786. The van der Waals surface area contributed by atoms with Crippen molar-refractivity contribution >= 4 is 16.8 Å². The van der Waals surface area contributed by atoms with Crippen LogP contribution in [0.4, 0.5) is 0 Å². The molecule has 3 aromatic rings. The summed E-state index contributed by atoms with van der Waals surface area (Å²) in [5.41, 5.74) is 1.51. The number of methoxy groups -OCH3 is 1. The Kier molecular flexibility index (Phi) is 3.25. The number of rotatable bonds is 3. The molecular weight excluding hydrogens is 294 g/mol. The van der Waals surface area contributed by atoms with E-state index in [9.17, 15) is 4.79 Å². The fourth-order valence-corrected chi connectivity index (χ4v) is 3.07. The Balaban J connectivity index is 1.55. The normalized spacial score (nSPS) is 17.8. The van der Waals surface area contributed by atoms with E-state index in [1.165, 1.54) is 0 Å². The smallest absolute Gasteiger partial charge is 0.270 e. The van der Waals surface area contributed by atoms with Crippen molar-refractivity contribution in [2.45, 2.75) is 12.5 Å². The monoisotopic (exact) mass is 311 g/mol. The number of likely N-dealkylation sites (tertiary alicyclic amines) is 1. The maximum absolute atomic E-state index is 12.7. The molecule has 3 heterocycles. The van der Waals surface area contributed by atoms with Crippen molar-refractivity contribution in [2.24, 2.45) is 0 Å². The average Bonchev–Trinajstić information content (AvgIpc) is 3.31. The van der Waals surface area contributed by atoms with Crippen LogP contribution in [0.1, 0.15) is 23.0 Å². The molecule has 0 spiro atoms. The van der Waals surface area contributed by atoms with Crippen LogP contribution in [-0.4, -0.2) is 51.0 Å². The van der Waals surface area contributed by atoms with Crippen LogP contribution in [-0.2, 0) is 0 Å². The summed E-state index contributed by atoms with van der Waals surface area (Å²) in [6, 6.07) is 7.82. The highest BCUT2D eigenvalue weighted by atomic mass is 16.5. The number of carbonyl (C=O) groups excluding carboxylic acids is 1. The van der Waals surface area contributed by atoms with Gasteiger partial charge in [-0.15, -0.1) is 5.10 Å². The molecule has 2 aromatic heterocycles. The van der Waals surface area contributed by atoms with Crippen molar-refractivity contribution in [3.8, 4) is 5.75 Å². The standard InChI is InChI=1S/C16H17N5O2/c1-23-13-3-2-11-8-15(18-14(11)9-13)16(22)20-6-4-12(10-20)21-7-5-17-19-21/h2-3,5,7-9,12,18H,4,6,10H2,1H3. The lowest BCUT2D eigenvalue weighted by Crippen LogP contribution is -2.29. The minimum atomic E-state index is 0.0165. The molecule has 23 heavy (non-hydrogen) atoms. The van der Waals surface area contributed by atoms with Crippen molar-refractivity contribution < 1.29 is 9.53 Å². The lowest BCUT2D eigenvalue weighted by Gasteiger charge is -2.15. The highest BCUT2D eigenvalue weighted by Gasteiger charge is 2.29. The van der Waals surface area contributed by atoms with Crippen molar-refractivity contribution in [3.05, 3.63) is 42.4 Å². The number of nitrogens with zero attached hydrogens (tertiary/aromatic N) is 4. The third kappa shape index (κ3) is 2.44. The van der Waals surface area contributed by atoms with E-state index in [4.69, 9.17) is 4.74 Å². The second-order valence-electron chi connectivity index (χ2n) is 5.71. The van der Waals surface area contributed by atoms with E-state index < -0.39 is 0 Å². The first-order valence-electron chi connectivity index (χ1n) is 7.56. The van der Waals surface area contributed by atoms with Crippen LogP contribution in [0.2, 0.25) is 0 Å². The number of fused-ring (bicyclic) bond motifs is 1. The topological polar surface area (TPSA) is 76.0 Å².